The second kappa shape index (κ2) is 7.17. The second-order valence-corrected chi connectivity index (χ2v) is 8.25. The van der Waals surface area contributed by atoms with E-state index in [0.717, 1.165) is 30.3 Å². The van der Waals surface area contributed by atoms with Crippen molar-refractivity contribution in [2.45, 2.75) is 9.92 Å². The molecular weight excluding hydrogens is 425 g/mol. The molecule has 0 radical (unpaired) electrons. The Bertz CT molecular complexity index is 1420. The van der Waals surface area contributed by atoms with Gasteiger partial charge in [-0.1, -0.05) is 18.2 Å². The third kappa shape index (κ3) is 3.30. The van der Waals surface area contributed by atoms with Crippen molar-refractivity contribution in [3.63, 3.8) is 0 Å². The maximum absolute atomic E-state index is 14.4. The minimum Gasteiger partial charge on any atom is -0.233 e. The van der Waals surface area contributed by atoms with E-state index in [0.29, 0.717) is 12.1 Å². The van der Waals surface area contributed by atoms with Crippen LogP contribution in [0.3, 0.4) is 0 Å². The molecule has 0 unspecified atom stereocenters. The molecule has 9 heteroatoms. The van der Waals surface area contributed by atoms with Gasteiger partial charge in [0.1, 0.15) is 11.3 Å². The third-order valence-corrected chi connectivity index (χ3v) is 6.11. The first-order valence-electron chi connectivity index (χ1n) is 8.43. The number of fused-ring (bicyclic) bond motifs is 1. The number of sulfone groups is 1. The molecule has 0 aliphatic rings. The van der Waals surface area contributed by atoms with E-state index >= 15 is 0 Å². The summed E-state index contributed by atoms with van der Waals surface area (Å²) in [7, 11) is -4.49. The van der Waals surface area contributed by atoms with Crippen molar-refractivity contribution in [3.05, 3.63) is 89.7 Å². The van der Waals surface area contributed by atoms with E-state index in [2.05, 4.69) is 4.98 Å². The summed E-state index contributed by atoms with van der Waals surface area (Å²) in [5, 5.41) is -0.504. The van der Waals surface area contributed by atoms with Gasteiger partial charge in [-0.05, 0) is 53.6 Å². The molecule has 4 aromatic rings. The zero-order valence-corrected chi connectivity index (χ0v) is 15.7. The van der Waals surface area contributed by atoms with Gasteiger partial charge < -0.3 is 0 Å². The van der Waals surface area contributed by atoms with Gasteiger partial charge in [-0.3, -0.25) is 0 Å². The topological polar surface area (TPSA) is 47.0 Å². The highest BCUT2D eigenvalue weighted by Gasteiger charge is 2.24. The Morgan fingerprint density at radius 1 is 0.667 bits per heavy atom. The van der Waals surface area contributed by atoms with Gasteiger partial charge in [0.05, 0.1) is 4.90 Å². The van der Waals surface area contributed by atoms with E-state index in [1.807, 2.05) is 0 Å². The molecule has 0 amide bonds. The highest BCUT2D eigenvalue weighted by atomic mass is 32.2. The summed E-state index contributed by atoms with van der Waals surface area (Å²) in [5.74, 6) is -5.77. The number of aromatic nitrogens is 1. The van der Waals surface area contributed by atoms with Crippen LogP contribution in [0.5, 0.6) is 0 Å². The normalized spacial score (nSPS) is 11.8. The molecule has 0 N–H and O–H groups in total. The molecule has 0 spiro atoms. The minimum atomic E-state index is -4.49. The molecule has 3 aromatic carbocycles. The standard InChI is InChI=1S/C21H10F5NO2S/c22-15-6-4-11(8-18(15)25)14-10-20(27-21-13(14)2-1-3-17(21)24)30(28,29)12-5-7-16(23)19(26)9-12/h1-10H. The fourth-order valence-corrected chi connectivity index (χ4v) is 4.23. The maximum Gasteiger partial charge on any atom is 0.223 e. The number of nitrogens with zero attached hydrogens (tertiary/aromatic N) is 1. The Morgan fingerprint density at radius 3 is 2.00 bits per heavy atom. The SMILES string of the molecule is O=S(=O)(c1ccc(F)c(F)c1)c1cc(-c2ccc(F)c(F)c2)c2cccc(F)c2n1. The summed E-state index contributed by atoms with van der Waals surface area (Å²) in [6.07, 6.45) is 0. The minimum absolute atomic E-state index is 0.0690. The summed E-state index contributed by atoms with van der Waals surface area (Å²) >= 11 is 0. The van der Waals surface area contributed by atoms with Crippen molar-refractivity contribution in [1.82, 2.24) is 4.98 Å². The predicted molar refractivity (Wildman–Crippen MR) is 98.9 cm³/mol. The summed E-state index contributed by atoms with van der Waals surface area (Å²) in [4.78, 5) is 3.26. The molecule has 0 aliphatic carbocycles. The van der Waals surface area contributed by atoms with Gasteiger partial charge in [0.2, 0.25) is 9.84 Å². The van der Waals surface area contributed by atoms with Crippen molar-refractivity contribution in [2.24, 2.45) is 0 Å². The van der Waals surface area contributed by atoms with E-state index in [1.54, 1.807) is 0 Å². The van der Waals surface area contributed by atoms with Crippen LogP contribution in [0.1, 0.15) is 0 Å². The van der Waals surface area contributed by atoms with Gasteiger partial charge in [0, 0.05) is 5.39 Å². The van der Waals surface area contributed by atoms with Crippen LogP contribution in [0.15, 0.2) is 70.6 Å². The summed E-state index contributed by atoms with van der Waals surface area (Å²) in [6.45, 7) is 0. The fraction of sp³-hybridized carbons (Fsp3) is 0. The highest BCUT2D eigenvalue weighted by Crippen LogP contribution is 2.33. The second-order valence-electron chi connectivity index (χ2n) is 6.35. The van der Waals surface area contributed by atoms with Crippen LogP contribution in [-0.4, -0.2) is 13.4 Å². The van der Waals surface area contributed by atoms with Crippen molar-refractivity contribution in [3.8, 4) is 11.1 Å². The van der Waals surface area contributed by atoms with Gasteiger partial charge in [0.15, 0.2) is 28.3 Å². The van der Waals surface area contributed by atoms with E-state index in [-0.39, 0.29) is 22.0 Å². The number of rotatable bonds is 3. The van der Waals surface area contributed by atoms with Gasteiger partial charge in [-0.25, -0.2) is 35.4 Å². The molecule has 152 valence electrons. The molecule has 0 bridgehead atoms. The van der Waals surface area contributed by atoms with E-state index in [4.69, 9.17) is 0 Å². The Hall–Kier alpha value is -3.33. The third-order valence-electron chi connectivity index (χ3n) is 4.47. The quantitative estimate of drug-likeness (QED) is 0.319. The number of hydrogen-bond donors (Lipinski definition) is 0. The van der Waals surface area contributed by atoms with Gasteiger partial charge in [-0.15, -0.1) is 0 Å². The van der Waals surface area contributed by atoms with Crippen LogP contribution in [0.4, 0.5) is 22.0 Å². The first-order chi connectivity index (χ1) is 14.2. The lowest BCUT2D eigenvalue weighted by Crippen LogP contribution is -2.07. The number of halogens is 5. The molecule has 30 heavy (non-hydrogen) atoms. The average Bonchev–Trinajstić information content (AvgIpc) is 2.71. The lowest BCUT2D eigenvalue weighted by molar-refractivity contribution is 0.504. The molecule has 0 aliphatic heterocycles. The summed E-state index contributed by atoms with van der Waals surface area (Å²) in [5.41, 5.74) is -0.186. The lowest BCUT2D eigenvalue weighted by atomic mass is 10.0. The predicted octanol–water partition coefficient (Wildman–Crippen LogP) is 5.43. The molecule has 1 heterocycles. The highest BCUT2D eigenvalue weighted by molar-refractivity contribution is 7.91. The van der Waals surface area contributed by atoms with Crippen LogP contribution in [0, 0.1) is 29.1 Å². The van der Waals surface area contributed by atoms with E-state index in [9.17, 15) is 30.4 Å². The molecule has 0 saturated heterocycles. The number of benzene rings is 3. The zero-order chi connectivity index (χ0) is 21.6. The van der Waals surface area contributed by atoms with Gasteiger partial charge >= 0.3 is 0 Å². The van der Waals surface area contributed by atoms with Crippen LogP contribution in [0.25, 0.3) is 22.0 Å². The van der Waals surface area contributed by atoms with E-state index < -0.39 is 48.8 Å². The average molecular weight is 435 g/mol. The smallest absolute Gasteiger partial charge is 0.223 e. The van der Waals surface area contributed by atoms with Crippen molar-refractivity contribution >= 4 is 20.7 Å². The molecular formula is C21H10F5NO2S. The Morgan fingerprint density at radius 2 is 1.33 bits per heavy atom. The van der Waals surface area contributed by atoms with Crippen LogP contribution in [0.2, 0.25) is 0 Å². The van der Waals surface area contributed by atoms with Crippen molar-refractivity contribution in [1.29, 1.82) is 0 Å². The van der Waals surface area contributed by atoms with Gasteiger partial charge in [-0.2, -0.15) is 0 Å². The number of pyridine rings is 1. The number of para-hydroxylation sites is 1. The molecule has 0 atom stereocenters. The van der Waals surface area contributed by atoms with Gasteiger partial charge in [0.25, 0.3) is 0 Å². The van der Waals surface area contributed by atoms with Crippen molar-refractivity contribution in [2.75, 3.05) is 0 Å². The van der Waals surface area contributed by atoms with Crippen LogP contribution < -0.4 is 0 Å². The molecule has 3 nitrogen and oxygen atoms in total. The molecule has 0 fully saturated rings. The molecule has 1 aromatic heterocycles. The Balaban J connectivity index is 2.03. The summed E-state index contributed by atoms with van der Waals surface area (Å²) < 4.78 is 94.2. The lowest BCUT2D eigenvalue weighted by Gasteiger charge is -2.12. The fourth-order valence-electron chi connectivity index (χ4n) is 2.99. The Labute approximate surface area is 167 Å². The largest absolute Gasteiger partial charge is 0.233 e. The zero-order valence-electron chi connectivity index (χ0n) is 14.8. The maximum atomic E-state index is 14.4. The van der Waals surface area contributed by atoms with Crippen LogP contribution >= 0.6 is 0 Å². The van der Waals surface area contributed by atoms with Crippen molar-refractivity contribution < 1.29 is 30.4 Å². The first kappa shape index (κ1) is 20.0. The van der Waals surface area contributed by atoms with Crippen LogP contribution in [-0.2, 0) is 9.84 Å². The molecule has 0 saturated carbocycles. The molecule has 4 rings (SSSR count). The first-order valence-corrected chi connectivity index (χ1v) is 9.91. The number of hydrogen-bond acceptors (Lipinski definition) is 3. The Kier molecular flexibility index (Phi) is 4.77. The monoisotopic (exact) mass is 435 g/mol. The summed E-state index contributed by atoms with van der Waals surface area (Å²) in [6, 6.07) is 9.74. The van der Waals surface area contributed by atoms with E-state index in [1.165, 1.54) is 18.2 Å².